The zero-order valence-electron chi connectivity index (χ0n) is 12.1. The molecular formula is C17H17N3O2. The van der Waals surface area contributed by atoms with Crippen molar-refractivity contribution in [2.24, 2.45) is 0 Å². The predicted molar refractivity (Wildman–Crippen MR) is 85.4 cm³/mol. The van der Waals surface area contributed by atoms with E-state index < -0.39 is 0 Å². The van der Waals surface area contributed by atoms with Gasteiger partial charge in [0.1, 0.15) is 5.75 Å². The van der Waals surface area contributed by atoms with E-state index >= 15 is 0 Å². The molecule has 0 saturated heterocycles. The Balaban J connectivity index is 1.74. The van der Waals surface area contributed by atoms with E-state index in [0.717, 1.165) is 5.56 Å². The molecule has 0 saturated carbocycles. The van der Waals surface area contributed by atoms with Gasteiger partial charge < -0.3 is 15.8 Å². The summed E-state index contributed by atoms with van der Waals surface area (Å²) in [5.74, 6) is 0.563. The number of carbonyl (C=O) groups is 1. The largest absolute Gasteiger partial charge is 0.493 e. The molecule has 0 bridgehead atoms. The van der Waals surface area contributed by atoms with Crippen molar-refractivity contribution in [3.63, 3.8) is 0 Å². The van der Waals surface area contributed by atoms with Gasteiger partial charge in [-0.2, -0.15) is 5.26 Å². The van der Waals surface area contributed by atoms with Crippen molar-refractivity contribution in [2.45, 2.75) is 12.8 Å². The first-order chi connectivity index (χ1) is 10.7. The fraction of sp³-hybridized carbons (Fsp3) is 0.176. The number of nitriles is 1. The van der Waals surface area contributed by atoms with Crippen LogP contribution < -0.4 is 15.8 Å². The molecular weight excluding hydrogens is 278 g/mol. The maximum Gasteiger partial charge on any atom is 0.227 e. The molecule has 5 heteroatoms. The van der Waals surface area contributed by atoms with E-state index in [0.29, 0.717) is 30.2 Å². The summed E-state index contributed by atoms with van der Waals surface area (Å²) in [5.41, 5.74) is 7.88. The number of rotatable bonds is 6. The van der Waals surface area contributed by atoms with Gasteiger partial charge in [0.2, 0.25) is 5.91 Å². The van der Waals surface area contributed by atoms with Gasteiger partial charge in [-0.3, -0.25) is 4.79 Å². The summed E-state index contributed by atoms with van der Waals surface area (Å²) >= 11 is 0. The van der Waals surface area contributed by atoms with Gasteiger partial charge in [0.15, 0.2) is 0 Å². The number of amides is 1. The number of nitrogens with two attached hydrogens (primary N) is 1. The lowest BCUT2D eigenvalue weighted by Crippen LogP contribution is -2.15. The molecule has 3 N–H and O–H groups in total. The second kappa shape index (κ2) is 7.70. The fourth-order valence-corrected chi connectivity index (χ4v) is 1.85. The van der Waals surface area contributed by atoms with Gasteiger partial charge in [0, 0.05) is 11.4 Å². The SMILES string of the molecule is N#CCc1ccc(OCCC(=O)Nc2ccc(N)cc2)cc1. The van der Waals surface area contributed by atoms with Gasteiger partial charge in [0.05, 0.1) is 25.5 Å². The van der Waals surface area contributed by atoms with Crippen LogP contribution in [0, 0.1) is 11.3 Å². The van der Waals surface area contributed by atoms with Crippen LogP contribution >= 0.6 is 0 Å². The van der Waals surface area contributed by atoms with Crippen LogP contribution in [0.15, 0.2) is 48.5 Å². The van der Waals surface area contributed by atoms with Crippen LogP contribution in [-0.4, -0.2) is 12.5 Å². The average Bonchev–Trinajstić information content (AvgIpc) is 2.52. The number of anilines is 2. The topological polar surface area (TPSA) is 88.1 Å². The molecule has 0 aliphatic rings. The Morgan fingerprint density at radius 3 is 2.45 bits per heavy atom. The standard InChI is InChI=1S/C17H17N3O2/c18-11-9-13-1-7-16(8-2-13)22-12-10-17(21)20-15-5-3-14(19)4-6-15/h1-8H,9-10,12,19H2,(H,20,21). The van der Waals surface area contributed by atoms with Crippen molar-refractivity contribution in [1.82, 2.24) is 0 Å². The van der Waals surface area contributed by atoms with Gasteiger partial charge in [-0.05, 0) is 42.0 Å². The second-order valence-corrected chi connectivity index (χ2v) is 4.75. The highest BCUT2D eigenvalue weighted by molar-refractivity contribution is 5.90. The number of benzene rings is 2. The minimum atomic E-state index is -0.120. The zero-order valence-corrected chi connectivity index (χ0v) is 12.1. The molecule has 2 aromatic carbocycles. The predicted octanol–water partition coefficient (Wildman–Crippen LogP) is 2.74. The highest BCUT2D eigenvalue weighted by atomic mass is 16.5. The molecule has 0 heterocycles. The highest BCUT2D eigenvalue weighted by Crippen LogP contribution is 2.13. The fourth-order valence-electron chi connectivity index (χ4n) is 1.85. The van der Waals surface area contributed by atoms with E-state index in [2.05, 4.69) is 11.4 Å². The third kappa shape index (κ3) is 4.84. The molecule has 5 nitrogen and oxygen atoms in total. The minimum absolute atomic E-state index is 0.120. The van der Waals surface area contributed by atoms with Crippen molar-refractivity contribution >= 4 is 17.3 Å². The van der Waals surface area contributed by atoms with Gasteiger partial charge in [0.25, 0.3) is 0 Å². The molecule has 1 amide bonds. The number of nitrogen functional groups attached to an aromatic ring is 1. The van der Waals surface area contributed by atoms with Crippen molar-refractivity contribution in [1.29, 1.82) is 5.26 Å². The first-order valence-corrected chi connectivity index (χ1v) is 6.91. The maximum atomic E-state index is 11.8. The molecule has 0 spiro atoms. The number of nitrogens with one attached hydrogen (secondary N) is 1. The Labute approximate surface area is 129 Å². The van der Waals surface area contributed by atoms with E-state index in [9.17, 15) is 4.79 Å². The number of hydrogen-bond acceptors (Lipinski definition) is 4. The Hall–Kier alpha value is -3.00. The lowest BCUT2D eigenvalue weighted by Gasteiger charge is -2.08. The zero-order chi connectivity index (χ0) is 15.8. The van der Waals surface area contributed by atoms with Gasteiger partial charge in [-0.25, -0.2) is 0 Å². The maximum absolute atomic E-state index is 11.8. The Morgan fingerprint density at radius 1 is 1.14 bits per heavy atom. The number of carbonyl (C=O) groups excluding carboxylic acids is 1. The lowest BCUT2D eigenvalue weighted by molar-refractivity contribution is -0.116. The molecule has 2 aromatic rings. The first-order valence-electron chi connectivity index (χ1n) is 6.91. The molecule has 0 aliphatic carbocycles. The number of ether oxygens (including phenoxy) is 1. The monoisotopic (exact) mass is 295 g/mol. The summed E-state index contributed by atoms with van der Waals surface area (Å²) in [6.07, 6.45) is 0.634. The van der Waals surface area contributed by atoms with Crippen LogP contribution in [0.1, 0.15) is 12.0 Å². The van der Waals surface area contributed by atoms with Crippen LogP contribution in [0.3, 0.4) is 0 Å². The summed E-state index contributed by atoms with van der Waals surface area (Å²) in [5, 5.41) is 11.4. The molecule has 0 fully saturated rings. The summed E-state index contributed by atoms with van der Waals surface area (Å²) < 4.78 is 5.50. The Morgan fingerprint density at radius 2 is 1.82 bits per heavy atom. The Bertz CT molecular complexity index is 658. The summed E-state index contributed by atoms with van der Waals surface area (Å²) in [4.78, 5) is 11.8. The molecule has 2 rings (SSSR count). The molecule has 0 radical (unpaired) electrons. The van der Waals surface area contributed by atoms with Gasteiger partial charge in [-0.1, -0.05) is 12.1 Å². The lowest BCUT2D eigenvalue weighted by atomic mass is 10.2. The number of nitrogens with zero attached hydrogens (tertiary/aromatic N) is 1. The normalized spacial score (nSPS) is 9.77. The highest BCUT2D eigenvalue weighted by Gasteiger charge is 2.03. The van der Waals surface area contributed by atoms with Crippen molar-refractivity contribution < 1.29 is 9.53 Å². The van der Waals surface area contributed by atoms with E-state index in [1.165, 1.54) is 0 Å². The van der Waals surface area contributed by atoms with Crippen molar-refractivity contribution in [3.05, 3.63) is 54.1 Å². The molecule has 22 heavy (non-hydrogen) atoms. The van der Waals surface area contributed by atoms with Crippen molar-refractivity contribution in [3.8, 4) is 11.8 Å². The summed E-state index contributed by atoms with van der Waals surface area (Å²) in [7, 11) is 0. The van der Waals surface area contributed by atoms with Crippen LogP contribution in [0.4, 0.5) is 11.4 Å². The van der Waals surface area contributed by atoms with Crippen LogP contribution in [0.25, 0.3) is 0 Å². The third-order valence-electron chi connectivity index (χ3n) is 3.00. The summed E-state index contributed by atoms with van der Waals surface area (Å²) in [6.45, 7) is 0.290. The smallest absolute Gasteiger partial charge is 0.227 e. The summed E-state index contributed by atoms with van der Waals surface area (Å²) in [6, 6.07) is 16.3. The number of hydrogen-bond donors (Lipinski definition) is 2. The van der Waals surface area contributed by atoms with Gasteiger partial charge >= 0.3 is 0 Å². The van der Waals surface area contributed by atoms with E-state index in [1.54, 1.807) is 36.4 Å². The molecule has 0 aliphatic heterocycles. The molecule has 0 unspecified atom stereocenters. The minimum Gasteiger partial charge on any atom is -0.493 e. The van der Waals surface area contributed by atoms with Crippen LogP contribution in [0.5, 0.6) is 5.75 Å². The van der Waals surface area contributed by atoms with E-state index in [4.69, 9.17) is 15.7 Å². The Kier molecular flexibility index (Phi) is 5.38. The quantitative estimate of drug-likeness (QED) is 0.802. The van der Waals surface area contributed by atoms with Gasteiger partial charge in [-0.15, -0.1) is 0 Å². The first kappa shape index (κ1) is 15.4. The average molecular weight is 295 g/mol. The van der Waals surface area contributed by atoms with Crippen LogP contribution in [0.2, 0.25) is 0 Å². The van der Waals surface area contributed by atoms with E-state index in [1.807, 2.05) is 12.1 Å². The third-order valence-corrected chi connectivity index (χ3v) is 3.00. The molecule has 0 atom stereocenters. The van der Waals surface area contributed by atoms with Crippen molar-refractivity contribution in [2.75, 3.05) is 17.7 Å². The second-order valence-electron chi connectivity index (χ2n) is 4.75. The van der Waals surface area contributed by atoms with Crippen LogP contribution in [-0.2, 0) is 11.2 Å². The molecule has 112 valence electrons. The van der Waals surface area contributed by atoms with E-state index in [-0.39, 0.29) is 12.3 Å². The molecule has 0 aromatic heterocycles.